The molecule has 4 fully saturated rings. The number of aromatic nitrogens is 7. The van der Waals surface area contributed by atoms with Gasteiger partial charge < -0.3 is 15.1 Å². The molecule has 1 aliphatic carbocycles. The van der Waals surface area contributed by atoms with E-state index in [4.69, 9.17) is 10.1 Å². The van der Waals surface area contributed by atoms with Crippen molar-refractivity contribution in [1.29, 1.82) is 0 Å². The van der Waals surface area contributed by atoms with Gasteiger partial charge in [0.15, 0.2) is 11.6 Å². The van der Waals surface area contributed by atoms with E-state index in [0.29, 0.717) is 52.9 Å². The fourth-order valence-corrected chi connectivity index (χ4v) is 10.5. The third kappa shape index (κ3) is 7.33. The van der Waals surface area contributed by atoms with Gasteiger partial charge in [0.1, 0.15) is 17.7 Å². The lowest BCUT2D eigenvalue weighted by molar-refractivity contribution is -0.136. The van der Waals surface area contributed by atoms with Crippen LogP contribution in [0, 0.1) is 5.92 Å². The smallest absolute Gasteiger partial charge is 0.262 e. The number of imide groups is 2. The van der Waals surface area contributed by atoms with Crippen LogP contribution in [0.3, 0.4) is 0 Å². The van der Waals surface area contributed by atoms with Gasteiger partial charge in [0.2, 0.25) is 11.8 Å². The van der Waals surface area contributed by atoms with Crippen molar-refractivity contribution in [1.82, 2.24) is 49.0 Å². The second-order valence-corrected chi connectivity index (χ2v) is 19.2. The molecule has 4 amide bonds. The van der Waals surface area contributed by atoms with E-state index in [1.807, 2.05) is 23.0 Å². The highest BCUT2D eigenvalue weighted by atomic mass is 32.2. The molecule has 2 N–H and O–H groups in total. The maximum Gasteiger partial charge on any atom is 0.262 e. The number of amides is 4. The Morgan fingerprint density at radius 3 is 2.35 bits per heavy atom. The number of piperazine rings is 1. The number of fused-ring (bicyclic) bond motifs is 2. The Kier molecular flexibility index (Phi) is 10.0. The van der Waals surface area contributed by atoms with Crippen molar-refractivity contribution in [2.75, 3.05) is 60.9 Å². The van der Waals surface area contributed by atoms with Gasteiger partial charge in [0, 0.05) is 82.4 Å². The zero-order valence-corrected chi connectivity index (χ0v) is 35.3. The molecule has 8 heterocycles. The van der Waals surface area contributed by atoms with Crippen molar-refractivity contribution < 1.29 is 27.6 Å². The summed E-state index contributed by atoms with van der Waals surface area (Å²) < 4.78 is 28.3. The third-order valence-corrected chi connectivity index (χ3v) is 14.6. The summed E-state index contributed by atoms with van der Waals surface area (Å²) in [5.41, 5.74) is 2.94. The average molecular weight is 862 g/mol. The van der Waals surface area contributed by atoms with Gasteiger partial charge in [0.25, 0.3) is 21.8 Å². The second-order valence-electron chi connectivity index (χ2n) is 17.1. The lowest BCUT2D eigenvalue weighted by Gasteiger charge is -2.39. The molecule has 1 saturated carbocycles. The van der Waals surface area contributed by atoms with E-state index in [1.165, 1.54) is 12.4 Å². The van der Waals surface area contributed by atoms with Crippen molar-refractivity contribution in [2.45, 2.75) is 69.7 Å². The van der Waals surface area contributed by atoms with Gasteiger partial charge >= 0.3 is 0 Å². The Bertz CT molecular complexity index is 2730. The SMILES string of the molecule is CC(C)n1nc(N2CCN(CC3CCN(c4ccc5c(c4)C(=O)N(C4CCC(=O)NC4=O)C5=O)CC3)CC2)c2cnc(Nc3ccnc(-c4cnn(S(=O)(=O)C5CC5)c4)n3)cc21. The fourth-order valence-electron chi connectivity index (χ4n) is 9.03. The Labute approximate surface area is 357 Å². The van der Waals surface area contributed by atoms with E-state index in [2.05, 4.69) is 54.2 Å². The molecular formula is C42H47N13O6S. The van der Waals surface area contributed by atoms with E-state index in [9.17, 15) is 27.6 Å². The van der Waals surface area contributed by atoms with E-state index < -0.39 is 39.7 Å². The number of nitrogens with one attached hydrogen (secondary N) is 2. The quantitative estimate of drug-likeness (QED) is 0.183. The number of carbonyl (C=O) groups excluding carboxylic acids is 4. The normalized spacial score (nSPS) is 20.4. The first-order valence-electron chi connectivity index (χ1n) is 21.3. The number of anilines is 4. The highest BCUT2D eigenvalue weighted by Gasteiger charge is 2.45. The van der Waals surface area contributed by atoms with Crippen molar-refractivity contribution in [3.8, 4) is 11.4 Å². The highest BCUT2D eigenvalue weighted by Crippen LogP contribution is 2.35. The molecule has 0 spiro atoms. The summed E-state index contributed by atoms with van der Waals surface area (Å²) in [5, 5.41) is 15.3. The van der Waals surface area contributed by atoms with E-state index in [1.54, 1.807) is 24.4 Å². The standard InChI is InChI=1S/C42H47N13O6S/c1-25(2)55-34-20-36(46-35-9-12-43-38(47-35)27-21-45-53(24-27)62(60,61)29-4-5-29)44-22-32(34)39(49-55)52-17-15-50(16-18-52)23-26-10-13-51(14-11-26)28-3-6-30-31(19-28)42(59)54(41(30)58)33-7-8-37(56)48-40(33)57/h3,6,9,12,19-22,24-26,29,33H,4-5,7-8,10-11,13-18,23H2,1-2H3,(H,48,56,57)(H,43,44,46,47). The van der Waals surface area contributed by atoms with Gasteiger partial charge in [-0.2, -0.15) is 14.3 Å². The number of hydrogen-bond acceptors (Lipinski definition) is 15. The summed E-state index contributed by atoms with van der Waals surface area (Å²) in [7, 11) is -3.50. The number of piperidine rings is 2. The maximum atomic E-state index is 13.4. The molecular weight excluding hydrogens is 815 g/mol. The maximum absolute atomic E-state index is 13.4. The van der Waals surface area contributed by atoms with Crippen LogP contribution in [-0.2, 0) is 19.6 Å². The first kappa shape index (κ1) is 39.8. The summed E-state index contributed by atoms with van der Waals surface area (Å²) in [4.78, 5) is 72.6. The van der Waals surface area contributed by atoms with Crippen molar-refractivity contribution >= 4 is 67.7 Å². The summed E-state index contributed by atoms with van der Waals surface area (Å²) in [6.07, 6.45) is 9.92. The summed E-state index contributed by atoms with van der Waals surface area (Å²) in [6, 6.07) is 8.18. The van der Waals surface area contributed by atoms with Crippen molar-refractivity contribution in [3.63, 3.8) is 0 Å². The largest absolute Gasteiger partial charge is 0.371 e. The van der Waals surface area contributed by atoms with E-state index >= 15 is 0 Å². The Morgan fingerprint density at radius 2 is 1.61 bits per heavy atom. The molecule has 322 valence electrons. The molecule has 10 rings (SSSR count). The molecule has 1 aromatic carbocycles. The van der Waals surface area contributed by atoms with Gasteiger partial charge in [-0.25, -0.2) is 23.4 Å². The topological polar surface area (TPSA) is 214 Å². The van der Waals surface area contributed by atoms with Crippen molar-refractivity contribution in [2.24, 2.45) is 5.92 Å². The predicted octanol–water partition coefficient (Wildman–Crippen LogP) is 3.19. The lowest BCUT2D eigenvalue weighted by atomic mass is 9.95. The molecule has 20 heteroatoms. The van der Waals surface area contributed by atoms with Gasteiger partial charge in [-0.1, -0.05) is 0 Å². The van der Waals surface area contributed by atoms with Crippen LogP contribution in [0.5, 0.6) is 0 Å². The molecule has 19 nitrogen and oxygen atoms in total. The van der Waals surface area contributed by atoms with Crippen LogP contribution in [0.1, 0.15) is 79.1 Å². The average Bonchev–Trinajstić information content (AvgIpc) is 3.81. The van der Waals surface area contributed by atoms with E-state index in [-0.39, 0.29) is 24.1 Å². The van der Waals surface area contributed by atoms with Crippen LogP contribution in [0.4, 0.5) is 23.1 Å². The lowest BCUT2D eigenvalue weighted by Crippen LogP contribution is -2.54. The van der Waals surface area contributed by atoms with Crippen LogP contribution in [0.25, 0.3) is 22.3 Å². The molecule has 1 atom stereocenters. The summed E-state index contributed by atoms with van der Waals surface area (Å²) in [6.45, 7) is 10.4. The first-order valence-corrected chi connectivity index (χ1v) is 22.8. The number of rotatable bonds is 11. The number of carbonyl (C=O) groups is 4. The monoisotopic (exact) mass is 861 g/mol. The number of benzene rings is 1. The van der Waals surface area contributed by atoms with Gasteiger partial charge in [0.05, 0.1) is 45.2 Å². The van der Waals surface area contributed by atoms with Crippen LogP contribution in [0.15, 0.2) is 55.1 Å². The van der Waals surface area contributed by atoms with Crippen LogP contribution < -0.4 is 20.4 Å². The van der Waals surface area contributed by atoms with Crippen LogP contribution in [0.2, 0.25) is 0 Å². The molecule has 4 aromatic heterocycles. The third-order valence-electron chi connectivity index (χ3n) is 12.6. The molecule has 5 aliphatic rings. The van der Waals surface area contributed by atoms with Gasteiger partial charge in [-0.05, 0) is 76.1 Å². The first-order chi connectivity index (χ1) is 29.9. The minimum absolute atomic E-state index is 0.0871. The molecule has 4 aliphatic heterocycles. The molecule has 5 aromatic rings. The van der Waals surface area contributed by atoms with Gasteiger partial charge in [-0.3, -0.25) is 39.0 Å². The Morgan fingerprint density at radius 1 is 0.839 bits per heavy atom. The molecule has 0 bridgehead atoms. The van der Waals surface area contributed by atoms with Crippen molar-refractivity contribution in [3.05, 3.63) is 66.2 Å². The molecule has 62 heavy (non-hydrogen) atoms. The molecule has 0 radical (unpaired) electrons. The van der Waals surface area contributed by atoms with Crippen LogP contribution >= 0.6 is 0 Å². The fraction of sp³-hybridized carbons (Fsp3) is 0.452. The number of nitrogens with zero attached hydrogens (tertiary/aromatic N) is 11. The zero-order chi connectivity index (χ0) is 42.9. The van der Waals surface area contributed by atoms with E-state index in [0.717, 1.165) is 90.1 Å². The minimum atomic E-state index is -3.50. The number of hydrogen-bond donors (Lipinski definition) is 2. The number of pyridine rings is 1. The second kappa shape index (κ2) is 15.6. The molecule has 3 saturated heterocycles. The molecule has 1 unspecified atom stereocenters. The zero-order valence-electron chi connectivity index (χ0n) is 34.5. The summed E-state index contributed by atoms with van der Waals surface area (Å²) >= 11 is 0. The predicted molar refractivity (Wildman–Crippen MR) is 228 cm³/mol. The summed E-state index contributed by atoms with van der Waals surface area (Å²) in [5.74, 6) is 0.911. The highest BCUT2D eigenvalue weighted by molar-refractivity contribution is 7.90. The Balaban J connectivity index is 0.748. The Hall–Kier alpha value is -6.28. The van der Waals surface area contributed by atoms with Crippen LogP contribution in [-0.4, -0.2) is 133 Å². The van der Waals surface area contributed by atoms with Gasteiger partial charge in [-0.15, -0.1) is 0 Å². The minimum Gasteiger partial charge on any atom is -0.371 e.